The monoisotopic (exact) mass is 474 g/mol. The summed E-state index contributed by atoms with van der Waals surface area (Å²) in [6.45, 7) is 0.308. The molecule has 1 aromatic carbocycles. The van der Waals surface area contributed by atoms with E-state index in [9.17, 15) is 17.2 Å². The second kappa shape index (κ2) is 8.90. The van der Waals surface area contributed by atoms with Gasteiger partial charge in [-0.2, -0.15) is 0 Å². The zero-order valence-corrected chi connectivity index (χ0v) is 16.3. The Morgan fingerprint density at radius 1 is 1.38 bits per heavy atom. The quantitative estimate of drug-likeness (QED) is 0.346. The van der Waals surface area contributed by atoms with Gasteiger partial charge < -0.3 is 11.1 Å². The minimum absolute atomic E-state index is 0. The molecule has 1 aliphatic rings. The van der Waals surface area contributed by atoms with E-state index < -0.39 is 21.7 Å². The topological polar surface area (TPSA) is 96.6 Å². The third kappa shape index (κ3) is 6.48. The molecule has 2 unspecified atom stereocenters. The molecule has 2 rings (SSSR count). The summed E-state index contributed by atoms with van der Waals surface area (Å²) in [5.74, 6) is -1.24. The number of hydrogen-bond donors (Lipinski definition) is 3. The van der Waals surface area contributed by atoms with Crippen molar-refractivity contribution < 1.29 is 17.2 Å². The van der Waals surface area contributed by atoms with Crippen LogP contribution in [0.1, 0.15) is 19.3 Å². The molecule has 0 heterocycles. The van der Waals surface area contributed by atoms with Gasteiger partial charge >= 0.3 is 0 Å². The second-order valence-electron chi connectivity index (χ2n) is 5.66. The average Bonchev–Trinajstić information content (AvgIpc) is 2.86. The van der Waals surface area contributed by atoms with E-state index in [1.165, 1.54) is 0 Å². The van der Waals surface area contributed by atoms with Crippen molar-refractivity contribution in [3.8, 4) is 0 Å². The average molecular weight is 474 g/mol. The van der Waals surface area contributed by atoms with Crippen LogP contribution in [-0.2, 0) is 10.0 Å². The molecule has 136 valence electrons. The van der Waals surface area contributed by atoms with Crippen LogP contribution in [0.5, 0.6) is 0 Å². The lowest BCUT2D eigenvalue weighted by Gasteiger charge is -2.18. The van der Waals surface area contributed by atoms with Crippen LogP contribution in [-0.4, -0.2) is 33.2 Å². The second-order valence-corrected chi connectivity index (χ2v) is 7.44. The molecule has 0 saturated heterocycles. The first-order valence-corrected chi connectivity index (χ1v) is 9.13. The number of hydrogen-bond acceptors (Lipinski definition) is 3. The van der Waals surface area contributed by atoms with Crippen LogP contribution in [0.25, 0.3) is 0 Å². The Balaban J connectivity index is 0.00000288. The summed E-state index contributed by atoms with van der Waals surface area (Å²) in [6.07, 6.45) is 3.60. The molecule has 1 aliphatic carbocycles. The third-order valence-electron chi connectivity index (χ3n) is 3.71. The molecule has 24 heavy (non-hydrogen) atoms. The maximum atomic E-state index is 13.5. The Labute approximate surface area is 157 Å². The Bertz CT molecular complexity index is 700. The largest absolute Gasteiger partial charge is 0.370 e. The predicted octanol–water partition coefficient (Wildman–Crippen LogP) is 2.03. The Kier molecular flexibility index (Phi) is 7.80. The highest BCUT2D eigenvalue weighted by Gasteiger charge is 2.29. The van der Waals surface area contributed by atoms with E-state index in [1.807, 2.05) is 0 Å². The van der Waals surface area contributed by atoms with Gasteiger partial charge in [0.25, 0.3) is 0 Å². The van der Waals surface area contributed by atoms with Gasteiger partial charge in [-0.05, 0) is 30.9 Å². The Morgan fingerprint density at radius 3 is 2.75 bits per heavy atom. The van der Waals surface area contributed by atoms with Crippen molar-refractivity contribution >= 4 is 45.6 Å². The Morgan fingerprint density at radius 2 is 2.08 bits per heavy atom. The van der Waals surface area contributed by atoms with Crippen molar-refractivity contribution in [2.75, 3.05) is 18.1 Å². The fraction of sp³-hybridized carbons (Fsp3) is 0.500. The zero-order chi connectivity index (χ0) is 17.0. The first-order chi connectivity index (χ1) is 10.7. The van der Waals surface area contributed by atoms with Crippen molar-refractivity contribution in [2.45, 2.75) is 25.3 Å². The van der Waals surface area contributed by atoms with Gasteiger partial charge in [0.1, 0.15) is 11.6 Å². The van der Waals surface area contributed by atoms with Gasteiger partial charge in [-0.15, -0.1) is 24.0 Å². The molecule has 1 aromatic rings. The molecule has 6 nitrogen and oxygen atoms in total. The minimum atomic E-state index is -3.27. The molecule has 2 atom stereocenters. The number of anilines is 1. The van der Waals surface area contributed by atoms with Crippen LogP contribution in [0.4, 0.5) is 14.5 Å². The summed E-state index contributed by atoms with van der Waals surface area (Å²) in [5.41, 5.74) is 5.59. The van der Waals surface area contributed by atoms with Crippen LogP contribution >= 0.6 is 24.0 Å². The van der Waals surface area contributed by atoms with Gasteiger partial charge in [0.05, 0.1) is 11.9 Å². The van der Waals surface area contributed by atoms with Gasteiger partial charge in [-0.3, -0.25) is 4.99 Å². The van der Waals surface area contributed by atoms with Gasteiger partial charge in [0.15, 0.2) is 5.96 Å². The maximum absolute atomic E-state index is 13.5. The number of guanidine groups is 1. The molecular weight excluding hydrogens is 453 g/mol. The van der Waals surface area contributed by atoms with E-state index in [-0.39, 0.29) is 47.6 Å². The molecule has 4 N–H and O–H groups in total. The fourth-order valence-corrected chi connectivity index (χ4v) is 3.53. The number of nitrogens with two attached hydrogens (primary N) is 1. The van der Waals surface area contributed by atoms with E-state index >= 15 is 0 Å². The third-order valence-corrected chi connectivity index (χ3v) is 4.44. The molecule has 1 saturated carbocycles. The van der Waals surface area contributed by atoms with Crippen molar-refractivity contribution in [1.82, 2.24) is 4.72 Å². The lowest BCUT2D eigenvalue weighted by Crippen LogP contribution is -2.38. The number of halogens is 3. The standard InChI is InChI=1S/C14H20F2N4O2S.HI/c1-23(21,22)20-12-4-2-3-9(12)8-18-14(17)19-13-7-10(15)5-6-11(13)16;/h5-7,9,12,20H,2-4,8H2,1H3,(H3,17,18,19);1H. The number of nitrogens with one attached hydrogen (secondary N) is 2. The van der Waals surface area contributed by atoms with Crippen LogP contribution < -0.4 is 15.8 Å². The van der Waals surface area contributed by atoms with E-state index in [2.05, 4.69) is 15.0 Å². The molecular formula is C14H21F2IN4O2S. The predicted molar refractivity (Wildman–Crippen MR) is 101 cm³/mol. The molecule has 0 aliphatic heterocycles. The molecule has 0 amide bonds. The zero-order valence-electron chi connectivity index (χ0n) is 13.1. The smallest absolute Gasteiger partial charge is 0.208 e. The Hall–Kier alpha value is -1.01. The number of aliphatic imine (C=N–C) groups is 1. The van der Waals surface area contributed by atoms with E-state index in [1.54, 1.807) is 0 Å². The molecule has 0 radical (unpaired) electrons. The summed E-state index contributed by atoms with van der Waals surface area (Å²) >= 11 is 0. The van der Waals surface area contributed by atoms with E-state index in [0.29, 0.717) is 6.54 Å². The number of benzene rings is 1. The highest BCUT2D eigenvalue weighted by molar-refractivity contribution is 14.0. The summed E-state index contributed by atoms with van der Waals surface area (Å²) < 4.78 is 51.8. The first-order valence-electron chi connectivity index (χ1n) is 7.24. The van der Waals surface area contributed by atoms with E-state index in [4.69, 9.17) is 5.73 Å². The minimum Gasteiger partial charge on any atom is -0.370 e. The molecule has 0 spiro atoms. The van der Waals surface area contributed by atoms with Crippen LogP contribution in [0.15, 0.2) is 23.2 Å². The van der Waals surface area contributed by atoms with Crippen molar-refractivity contribution in [3.63, 3.8) is 0 Å². The van der Waals surface area contributed by atoms with Crippen molar-refractivity contribution in [1.29, 1.82) is 0 Å². The number of sulfonamides is 1. The molecule has 0 bridgehead atoms. The SMILES string of the molecule is CS(=O)(=O)NC1CCCC1CN=C(N)Nc1cc(F)ccc1F.I. The van der Waals surface area contributed by atoms with Gasteiger partial charge in [-0.1, -0.05) is 6.42 Å². The highest BCUT2D eigenvalue weighted by atomic mass is 127. The van der Waals surface area contributed by atoms with Gasteiger partial charge in [0.2, 0.25) is 10.0 Å². The van der Waals surface area contributed by atoms with Crippen LogP contribution in [0, 0.1) is 17.6 Å². The van der Waals surface area contributed by atoms with Gasteiger partial charge in [-0.25, -0.2) is 21.9 Å². The number of nitrogens with zero attached hydrogens (tertiary/aromatic N) is 1. The fourth-order valence-electron chi connectivity index (χ4n) is 2.67. The van der Waals surface area contributed by atoms with E-state index in [0.717, 1.165) is 43.7 Å². The van der Waals surface area contributed by atoms with Gasteiger partial charge in [0, 0.05) is 18.7 Å². The lowest BCUT2D eigenvalue weighted by molar-refractivity contribution is 0.455. The highest BCUT2D eigenvalue weighted by Crippen LogP contribution is 2.26. The van der Waals surface area contributed by atoms with Crippen molar-refractivity contribution in [3.05, 3.63) is 29.8 Å². The summed E-state index contributed by atoms with van der Waals surface area (Å²) in [6, 6.07) is 2.82. The van der Waals surface area contributed by atoms with Crippen molar-refractivity contribution in [2.24, 2.45) is 16.6 Å². The van der Waals surface area contributed by atoms with Crippen LogP contribution in [0.2, 0.25) is 0 Å². The number of rotatable bonds is 5. The normalized spacial score (nSPS) is 21.4. The lowest BCUT2D eigenvalue weighted by atomic mass is 10.1. The first kappa shape index (κ1) is 21.0. The molecule has 0 aromatic heterocycles. The summed E-state index contributed by atoms with van der Waals surface area (Å²) in [4.78, 5) is 4.11. The maximum Gasteiger partial charge on any atom is 0.208 e. The molecule has 1 fully saturated rings. The summed E-state index contributed by atoms with van der Waals surface area (Å²) in [7, 11) is -3.27. The van der Waals surface area contributed by atoms with Crippen LogP contribution in [0.3, 0.4) is 0 Å². The summed E-state index contributed by atoms with van der Waals surface area (Å²) in [5, 5.41) is 2.51. The molecule has 10 heteroatoms.